The van der Waals surface area contributed by atoms with E-state index in [2.05, 4.69) is 16.9 Å². The largest absolute Gasteiger partial charge is 0.480 e. The number of nitrogens with zero attached hydrogens (tertiary/aromatic N) is 1. The highest BCUT2D eigenvalue weighted by atomic mass is 32.2. The van der Waals surface area contributed by atoms with Crippen molar-refractivity contribution in [2.45, 2.75) is 23.6 Å². The number of nitrogens with one attached hydrogen (secondary N) is 1. The Bertz CT molecular complexity index is 759. The second kappa shape index (κ2) is 10.1. The Balaban J connectivity index is 1.90. The van der Waals surface area contributed by atoms with Crippen molar-refractivity contribution in [2.75, 3.05) is 13.2 Å². The van der Waals surface area contributed by atoms with Gasteiger partial charge in [-0.1, -0.05) is 6.08 Å². The summed E-state index contributed by atoms with van der Waals surface area (Å²) < 4.78 is 5.12. The zero-order chi connectivity index (χ0) is 18.9. The maximum absolute atomic E-state index is 12.2. The molecule has 2 rings (SSSR count). The Labute approximate surface area is 160 Å². The molecule has 0 saturated carbocycles. The van der Waals surface area contributed by atoms with Gasteiger partial charge in [-0.2, -0.15) is 0 Å². The van der Waals surface area contributed by atoms with Crippen LogP contribution < -0.4 is 5.32 Å². The summed E-state index contributed by atoms with van der Waals surface area (Å²) in [6.45, 7) is 5.57. The smallest absolute Gasteiger partial charge is 0.328 e. The molecule has 0 aliphatic heterocycles. The summed E-state index contributed by atoms with van der Waals surface area (Å²) in [6, 6.07) is 5.91. The van der Waals surface area contributed by atoms with E-state index in [0.717, 1.165) is 21.3 Å². The molecule has 1 amide bonds. The molecule has 6 nitrogen and oxygen atoms in total. The SMILES string of the molecule is C=CCOCC(NC(=O)c1ccc(SCc2csc(C)n2)cc1)C(=O)O. The Morgan fingerprint density at radius 1 is 1.42 bits per heavy atom. The molecule has 0 aliphatic rings. The quantitative estimate of drug-likeness (QED) is 0.367. The first-order chi connectivity index (χ1) is 12.5. The van der Waals surface area contributed by atoms with E-state index in [4.69, 9.17) is 9.84 Å². The van der Waals surface area contributed by atoms with E-state index in [0.29, 0.717) is 5.56 Å². The maximum Gasteiger partial charge on any atom is 0.328 e. The van der Waals surface area contributed by atoms with Crippen molar-refractivity contribution in [1.82, 2.24) is 10.3 Å². The number of benzene rings is 1. The van der Waals surface area contributed by atoms with Crippen molar-refractivity contribution in [3.63, 3.8) is 0 Å². The lowest BCUT2D eigenvalue weighted by molar-refractivity contribution is -0.140. The first kappa shape index (κ1) is 20.2. The molecule has 0 radical (unpaired) electrons. The van der Waals surface area contributed by atoms with Crippen molar-refractivity contribution < 1.29 is 19.4 Å². The van der Waals surface area contributed by atoms with Gasteiger partial charge in [0.15, 0.2) is 6.04 Å². The highest BCUT2D eigenvalue weighted by molar-refractivity contribution is 7.98. The third-order valence-electron chi connectivity index (χ3n) is 3.29. The fraction of sp³-hybridized carbons (Fsp3) is 0.278. The Morgan fingerprint density at radius 2 is 2.15 bits per heavy atom. The molecule has 0 spiro atoms. The molecule has 0 bridgehead atoms. The van der Waals surface area contributed by atoms with Gasteiger partial charge in [-0.3, -0.25) is 4.79 Å². The van der Waals surface area contributed by atoms with E-state index in [1.165, 1.54) is 6.08 Å². The number of aromatic nitrogens is 1. The van der Waals surface area contributed by atoms with E-state index in [9.17, 15) is 9.59 Å². The number of carboxylic acid groups (broad SMARTS) is 1. The summed E-state index contributed by atoms with van der Waals surface area (Å²) in [7, 11) is 0. The van der Waals surface area contributed by atoms with Crippen LogP contribution >= 0.6 is 23.1 Å². The fourth-order valence-corrected chi connectivity index (χ4v) is 3.53. The van der Waals surface area contributed by atoms with Crippen molar-refractivity contribution in [3.8, 4) is 0 Å². The molecule has 2 aromatic rings. The third kappa shape index (κ3) is 6.29. The average molecular weight is 393 g/mol. The molecule has 0 fully saturated rings. The van der Waals surface area contributed by atoms with E-state index in [1.807, 2.05) is 24.4 Å². The molecule has 1 aromatic heterocycles. The zero-order valence-corrected chi connectivity index (χ0v) is 15.9. The lowest BCUT2D eigenvalue weighted by Gasteiger charge is -2.14. The lowest BCUT2D eigenvalue weighted by atomic mass is 10.2. The molecular formula is C18H20N2O4S2. The third-order valence-corrected chi connectivity index (χ3v) is 5.16. The van der Waals surface area contributed by atoms with Crippen LogP contribution in [0.1, 0.15) is 21.1 Å². The fourth-order valence-electron chi connectivity index (χ4n) is 2.02. The van der Waals surface area contributed by atoms with Gasteiger partial charge >= 0.3 is 5.97 Å². The minimum atomic E-state index is -1.15. The molecule has 8 heteroatoms. The van der Waals surface area contributed by atoms with E-state index < -0.39 is 17.9 Å². The predicted octanol–water partition coefficient (Wildman–Crippen LogP) is 3.13. The topological polar surface area (TPSA) is 88.5 Å². The maximum atomic E-state index is 12.2. The number of carbonyl (C=O) groups is 2. The van der Waals surface area contributed by atoms with Crippen LogP contribution in [0, 0.1) is 6.92 Å². The Hall–Kier alpha value is -2.16. The lowest BCUT2D eigenvalue weighted by Crippen LogP contribution is -2.44. The van der Waals surface area contributed by atoms with Crippen LogP contribution in [0.2, 0.25) is 0 Å². The van der Waals surface area contributed by atoms with Gasteiger partial charge in [0, 0.05) is 21.6 Å². The highest BCUT2D eigenvalue weighted by Crippen LogP contribution is 2.23. The van der Waals surface area contributed by atoms with Crippen LogP contribution in [-0.4, -0.2) is 41.2 Å². The second-order valence-corrected chi connectivity index (χ2v) is 7.47. The van der Waals surface area contributed by atoms with Crippen LogP contribution in [0.4, 0.5) is 0 Å². The number of aryl methyl sites for hydroxylation is 1. The van der Waals surface area contributed by atoms with Gasteiger partial charge in [-0.25, -0.2) is 9.78 Å². The summed E-state index contributed by atoms with van der Waals surface area (Å²) in [5, 5.41) is 14.7. The van der Waals surface area contributed by atoms with Crippen molar-refractivity contribution >= 4 is 35.0 Å². The van der Waals surface area contributed by atoms with E-state index in [-0.39, 0.29) is 13.2 Å². The zero-order valence-electron chi connectivity index (χ0n) is 14.3. The number of carboxylic acids is 1. The molecule has 0 saturated heterocycles. The first-order valence-electron chi connectivity index (χ1n) is 7.85. The molecule has 1 atom stereocenters. The van der Waals surface area contributed by atoms with Crippen LogP contribution in [0.3, 0.4) is 0 Å². The monoisotopic (exact) mass is 392 g/mol. The van der Waals surface area contributed by atoms with E-state index in [1.54, 1.807) is 35.2 Å². The van der Waals surface area contributed by atoms with E-state index >= 15 is 0 Å². The number of rotatable bonds is 10. The summed E-state index contributed by atoms with van der Waals surface area (Å²) >= 11 is 3.25. The molecule has 2 N–H and O–H groups in total. The van der Waals surface area contributed by atoms with Gasteiger partial charge < -0.3 is 15.2 Å². The molecule has 1 heterocycles. The van der Waals surface area contributed by atoms with Crippen LogP contribution in [0.25, 0.3) is 0 Å². The summed E-state index contributed by atoms with van der Waals surface area (Å²) in [5.41, 5.74) is 1.43. The van der Waals surface area contributed by atoms with Gasteiger partial charge in [-0.05, 0) is 31.2 Å². The number of aliphatic carboxylic acids is 1. The Morgan fingerprint density at radius 3 is 2.73 bits per heavy atom. The van der Waals surface area contributed by atoms with Gasteiger partial charge in [0.2, 0.25) is 0 Å². The summed E-state index contributed by atoms with van der Waals surface area (Å²) in [4.78, 5) is 28.8. The molecule has 1 unspecified atom stereocenters. The Kier molecular flexibility index (Phi) is 7.83. The first-order valence-corrected chi connectivity index (χ1v) is 9.72. The van der Waals surface area contributed by atoms with Gasteiger partial charge in [0.05, 0.1) is 23.9 Å². The van der Waals surface area contributed by atoms with Crippen molar-refractivity contribution in [3.05, 3.63) is 58.6 Å². The molecule has 26 heavy (non-hydrogen) atoms. The second-order valence-electron chi connectivity index (χ2n) is 5.36. The number of hydrogen-bond donors (Lipinski definition) is 2. The van der Waals surface area contributed by atoms with Crippen LogP contribution in [0.15, 0.2) is 47.2 Å². The summed E-state index contributed by atoms with van der Waals surface area (Å²) in [6.07, 6.45) is 1.52. The number of ether oxygens (including phenoxy) is 1. The summed E-state index contributed by atoms with van der Waals surface area (Å²) in [5.74, 6) is -0.836. The normalized spacial score (nSPS) is 11.7. The highest BCUT2D eigenvalue weighted by Gasteiger charge is 2.20. The van der Waals surface area contributed by atoms with Crippen molar-refractivity contribution in [2.24, 2.45) is 0 Å². The number of thioether (sulfide) groups is 1. The number of carbonyl (C=O) groups excluding carboxylic acids is 1. The minimum Gasteiger partial charge on any atom is -0.480 e. The number of thiazole rings is 1. The van der Waals surface area contributed by atoms with Gasteiger partial charge in [0.25, 0.3) is 5.91 Å². The van der Waals surface area contributed by atoms with Crippen molar-refractivity contribution in [1.29, 1.82) is 0 Å². The van der Waals surface area contributed by atoms with Gasteiger partial charge in [-0.15, -0.1) is 29.7 Å². The minimum absolute atomic E-state index is 0.117. The average Bonchev–Trinajstić information content (AvgIpc) is 3.04. The molecule has 1 aromatic carbocycles. The molecule has 138 valence electrons. The number of hydrogen-bond acceptors (Lipinski definition) is 6. The van der Waals surface area contributed by atoms with Crippen LogP contribution in [-0.2, 0) is 15.3 Å². The molecular weight excluding hydrogens is 372 g/mol. The molecule has 0 aliphatic carbocycles. The standard InChI is InChI=1S/C18H20N2O4S2/c1-3-8-24-9-16(18(22)23)20-17(21)13-4-6-15(7-5-13)26-11-14-10-25-12(2)19-14/h3-7,10,16H,1,8-9,11H2,2H3,(H,20,21)(H,22,23). The number of amides is 1. The predicted molar refractivity (Wildman–Crippen MR) is 103 cm³/mol. The van der Waals surface area contributed by atoms with Gasteiger partial charge in [0.1, 0.15) is 0 Å². The van der Waals surface area contributed by atoms with Crippen LogP contribution in [0.5, 0.6) is 0 Å².